The quantitative estimate of drug-likeness (QED) is 0.750. The van der Waals surface area contributed by atoms with Crippen molar-refractivity contribution in [2.24, 2.45) is 5.73 Å². The number of nitrogens with zero attached hydrogens (tertiary/aromatic N) is 1. The minimum absolute atomic E-state index is 0.288. The van der Waals surface area contributed by atoms with Crippen LogP contribution in [0, 0.1) is 0 Å². The van der Waals surface area contributed by atoms with Gasteiger partial charge in [-0.2, -0.15) is 0 Å². The Morgan fingerprint density at radius 3 is 2.59 bits per heavy atom. The molecule has 2 N–H and O–H groups in total. The predicted molar refractivity (Wildman–Crippen MR) is 88.6 cm³/mol. The summed E-state index contributed by atoms with van der Waals surface area (Å²) >= 11 is 0. The number of hydrogen-bond donors (Lipinski definition) is 1. The van der Waals surface area contributed by atoms with Gasteiger partial charge in [0.05, 0.1) is 6.10 Å². The maximum Gasteiger partial charge on any atom is 0.222 e. The van der Waals surface area contributed by atoms with Crippen LogP contribution < -0.4 is 5.73 Å². The molecule has 0 saturated carbocycles. The largest absolute Gasteiger partial charge is 0.378 e. The molecule has 0 atom stereocenters. The third kappa shape index (κ3) is 5.78. The summed E-state index contributed by atoms with van der Waals surface area (Å²) in [6.45, 7) is 3.08. The predicted octanol–water partition coefficient (Wildman–Crippen LogP) is 2.37. The lowest BCUT2D eigenvalue weighted by atomic mass is 10.1. The zero-order chi connectivity index (χ0) is 15.6. The molecule has 0 radical (unpaired) electrons. The van der Waals surface area contributed by atoms with Crippen LogP contribution >= 0.6 is 0 Å². The van der Waals surface area contributed by atoms with Crippen molar-refractivity contribution in [1.29, 1.82) is 0 Å². The van der Waals surface area contributed by atoms with Gasteiger partial charge >= 0.3 is 0 Å². The van der Waals surface area contributed by atoms with Gasteiger partial charge in [-0.1, -0.05) is 30.3 Å². The van der Waals surface area contributed by atoms with Crippen LogP contribution in [0.1, 0.15) is 37.7 Å². The Morgan fingerprint density at radius 2 is 1.91 bits per heavy atom. The van der Waals surface area contributed by atoms with Crippen LogP contribution in [0.4, 0.5) is 0 Å². The number of benzene rings is 1. The number of likely N-dealkylation sites (tertiary alicyclic amines) is 1. The lowest BCUT2D eigenvalue weighted by Crippen LogP contribution is -2.41. The first-order valence-electron chi connectivity index (χ1n) is 8.43. The average Bonchev–Trinajstić information content (AvgIpc) is 2.56. The van der Waals surface area contributed by atoms with E-state index in [4.69, 9.17) is 10.5 Å². The number of ether oxygens (including phenoxy) is 1. The molecule has 1 fully saturated rings. The lowest BCUT2D eigenvalue weighted by molar-refractivity contribution is -0.133. The van der Waals surface area contributed by atoms with E-state index in [1.165, 1.54) is 5.56 Å². The number of aryl methyl sites for hydroxylation is 1. The number of carbonyl (C=O) groups excluding carboxylic acids is 1. The number of rotatable bonds is 8. The third-order valence-corrected chi connectivity index (χ3v) is 4.20. The molecular formula is C18H28N2O2. The van der Waals surface area contributed by atoms with Gasteiger partial charge in [-0.05, 0) is 44.2 Å². The maximum absolute atomic E-state index is 12.2. The molecule has 22 heavy (non-hydrogen) atoms. The number of amides is 1. The SMILES string of the molecule is NCCCOC1CCN(C(=O)CCCc2ccccc2)CC1. The molecule has 0 spiro atoms. The number of carbonyl (C=O) groups is 1. The molecule has 0 aliphatic carbocycles. The second-order valence-electron chi connectivity index (χ2n) is 5.93. The number of nitrogens with two attached hydrogens (primary N) is 1. The summed E-state index contributed by atoms with van der Waals surface area (Å²) in [5.74, 6) is 0.288. The highest BCUT2D eigenvalue weighted by Gasteiger charge is 2.22. The van der Waals surface area contributed by atoms with E-state index < -0.39 is 0 Å². The fourth-order valence-electron chi connectivity index (χ4n) is 2.85. The standard InChI is InChI=1S/C18H28N2O2/c19-12-5-15-22-17-10-13-20(14-11-17)18(21)9-4-8-16-6-2-1-3-7-16/h1-3,6-7,17H,4-5,8-15,19H2. The first-order valence-corrected chi connectivity index (χ1v) is 8.43. The summed E-state index contributed by atoms with van der Waals surface area (Å²) in [4.78, 5) is 14.2. The van der Waals surface area contributed by atoms with Crippen LogP contribution in [0.2, 0.25) is 0 Å². The van der Waals surface area contributed by atoms with Gasteiger partial charge in [-0.3, -0.25) is 4.79 Å². The van der Waals surface area contributed by atoms with Gasteiger partial charge in [0.15, 0.2) is 0 Å². The molecule has 0 unspecified atom stereocenters. The summed E-state index contributed by atoms with van der Waals surface area (Å²) in [5, 5.41) is 0. The van der Waals surface area contributed by atoms with Gasteiger partial charge in [-0.15, -0.1) is 0 Å². The fraction of sp³-hybridized carbons (Fsp3) is 0.611. The number of piperidine rings is 1. The molecule has 0 bridgehead atoms. The van der Waals surface area contributed by atoms with Crippen LogP contribution in [0.3, 0.4) is 0 Å². The van der Waals surface area contributed by atoms with Crippen LogP contribution in [0.25, 0.3) is 0 Å². The number of hydrogen-bond acceptors (Lipinski definition) is 3. The minimum Gasteiger partial charge on any atom is -0.378 e. The van der Waals surface area contributed by atoms with Crippen molar-refractivity contribution >= 4 is 5.91 Å². The molecule has 2 rings (SSSR count). The Balaban J connectivity index is 1.61. The van der Waals surface area contributed by atoms with Crippen LogP contribution in [-0.2, 0) is 16.0 Å². The topological polar surface area (TPSA) is 55.6 Å². The van der Waals surface area contributed by atoms with E-state index in [1.54, 1.807) is 0 Å². The molecule has 0 aromatic heterocycles. The second kappa shape index (κ2) is 9.59. The molecule has 1 aromatic carbocycles. The van der Waals surface area contributed by atoms with Crippen molar-refractivity contribution in [1.82, 2.24) is 4.90 Å². The van der Waals surface area contributed by atoms with Crippen molar-refractivity contribution < 1.29 is 9.53 Å². The van der Waals surface area contributed by atoms with Gasteiger partial charge in [0.25, 0.3) is 0 Å². The summed E-state index contributed by atoms with van der Waals surface area (Å²) in [7, 11) is 0. The van der Waals surface area contributed by atoms with E-state index in [9.17, 15) is 4.79 Å². The van der Waals surface area contributed by atoms with Crippen molar-refractivity contribution in [3.05, 3.63) is 35.9 Å². The van der Waals surface area contributed by atoms with E-state index in [-0.39, 0.29) is 5.91 Å². The van der Waals surface area contributed by atoms with Crippen LogP contribution in [0.5, 0.6) is 0 Å². The van der Waals surface area contributed by atoms with Gasteiger partial charge in [0.2, 0.25) is 5.91 Å². The Kier molecular flexibility index (Phi) is 7.40. The molecule has 1 heterocycles. The van der Waals surface area contributed by atoms with Crippen LogP contribution in [-0.4, -0.2) is 43.2 Å². The highest BCUT2D eigenvalue weighted by Crippen LogP contribution is 2.15. The van der Waals surface area contributed by atoms with E-state index >= 15 is 0 Å². The fourth-order valence-corrected chi connectivity index (χ4v) is 2.85. The molecule has 1 amide bonds. The maximum atomic E-state index is 12.2. The Morgan fingerprint density at radius 1 is 1.18 bits per heavy atom. The van der Waals surface area contributed by atoms with E-state index in [0.717, 1.165) is 51.8 Å². The van der Waals surface area contributed by atoms with Crippen LogP contribution in [0.15, 0.2) is 30.3 Å². The summed E-state index contributed by atoms with van der Waals surface area (Å²) < 4.78 is 5.77. The molecule has 1 aliphatic heterocycles. The Labute approximate surface area is 133 Å². The zero-order valence-electron chi connectivity index (χ0n) is 13.4. The average molecular weight is 304 g/mol. The molecule has 122 valence electrons. The van der Waals surface area contributed by atoms with Crippen molar-refractivity contribution in [3.63, 3.8) is 0 Å². The normalized spacial score (nSPS) is 16.0. The first kappa shape index (κ1) is 17.0. The Bertz CT molecular complexity index is 428. The highest BCUT2D eigenvalue weighted by molar-refractivity contribution is 5.76. The molecule has 1 saturated heterocycles. The lowest BCUT2D eigenvalue weighted by Gasteiger charge is -2.32. The molecule has 4 nitrogen and oxygen atoms in total. The first-order chi connectivity index (χ1) is 10.8. The summed E-state index contributed by atoms with van der Waals surface area (Å²) in [6, 6.07) is 10.4. The smallest absolute Gasteiger partial charge is 0.222 e. The van der Waals surface area contributed by atoms with Crippen molar-refractivity contribution in [2.45, 2.75) is 44.6 Å². The van der Waals surface area contributed by atoms with Gasteiger partial charge in [0.1, 0.15) is 0 Å². The molecular weight excluding hydrogens is 276 g/mol. The molecule has 1 aromatic rings. The third-order valence-electron chi connectivity index (χ3n) is 4.20. The minimum atomic E-state index is 0.288. The van der Waals surface area contributed by atoms with Gasteiger partial charge in [-0.25, -0.2) is 0 Å². The van der Waals surface area contributed by atoms with E-state index in [1.807, 2.05) is 23.1 Å². The van der Waals surface area contributed by atoms with Gasteiger partial charge in [0, 0.05) is 26.1 Å². The van der Waals surface area contributed by atoms with Crippen molar-refractivity contribution in [3.8, 4) is 0 Å². The van der Waals surface area contributed by atoms with E-state index in [0.29, 0.717) is 19.1 Å². The summed E-state index contributed by atoms with van der Waals surface area (Å²) in [5.41, 5.74) is 6.77. The zero-order valence-corrected chi connectivity index (χ0v) is 13.4. The molecule has 1 aliphatic rings. The second-order valence-corrected chi connectivity index (χ2v) is 5.93. The summed E-state index contributed by atoms with van der Waals surface area (Å²) in [6.07, 6.45) is 5.68. The monoisotopic (exact) mass is 304 g/mol. The Hall–Kier alpha value is -1.39. The highest BCUT2D eigenvalue weighted by atomic mass is 16.5. The van der Waals surface area contributed by atoms with Gasteiger partial charge < -0.3 is 15.4 Å². The molecule has 4 heteroatoms. The van der Waals surface area contributed by atoms with Crippen molar-refractivity contribution in [2.75, 3.05) is 26.2 Å². The van der Waals surface area contributed by atoms with E-state index in [2.05, 4.69) is 12.1 Å².